The van der Waals surface area contributed by atoms with Crippen molar-refractivity contribution >= 4 is 22.9 Å². The summed E-state index contributed by atoms with van der Waals surface area (Å²) in [6.07, 6.45) is 2.03. The SMILES string of the molecule is COCCCOc1cc(C(=O)N(C(C)C)[C@@H]2CCCN(C(=O)OC(C)(C)C)C2)nc2ccccc12. The van der Waals surface area contributed by atoms with Gasteiger partial charge in [-0.1, -0.05) is 12.1 Å². The predicted octanol–water partition coefficient (Wildman–Crippen LogP) is 4.90. The van der Waals surface area contributed by atoms with E-state index in [4.69, 9.17) is 14.2 Å². The van der Waals surface area contributed by atoms with Gasteiger partial charge in [0.2, 0.25) is 0 Å². The predicted molar refractivity (Wildman–Crippen MR) is 136 cm³/mol. The molecule has 0 aliphatic carbocycles. The number of para-hydroxylation sites is 1. The van der Waals surface area contributed by atoms with Gasteiger partial charge in [-0.3, -0.25) is 4.79 Å². The first-order valence-electron chi connectivity index (χ1n) is 12.4. The Bertz CT molecular complexity index is 1020. The third-order valence-electron chi connectivity index (χ3n) is 5.88. The lowest BCUT2D eigenvalue weighted by Gasteiger charge is -2.41. The molecule has 1 saturated heterocycles. The summed E-state index contributed by atoms with van der Waals surface area (Å²) < 4.78 is 16.7. The molecule has 3 rings (SSSR count). The zero-order valence-electron chi connectivity index (χ0n) is 21.9. The van der Waals surface area contributed by atoms with E-state index in [9.17, 15) is 9.59 Å². The van der Waals surface area contributed by atoms with Gasteiger partial charge in [-0.05, 0) is 59.6 Å². The first-order valence-corrected chi connectivity index (χ1v) is 12.4. The van der Waals surface area contributed by atoms with E-state index in [0.717, 1.165) is 24.6 Å². The molecule has 2 amide bonds. The Morgan fingerprint density at radius 3 is 2.63 bits per heavy atom. The average Bonchev–Trinajstić information content (AvgIpc) is 2.80. The number of fused-ring (bicyclic) bond motifs is 1. The summed E-state index contributed by atoms with van der Waals surface area (Å²) in [6, 6.07) is 9.22. The first-order chi connectivity index (χ1) is 16.6. The van der Waals surface area contributed by atoms with Crippen LogP contribution in [0, 0.1) is 0 Å². The number of carbonyl (C=O) groups excluding carboxylic acids is 2. The summed E-state index contributed by atoms with van der Waals surface area (Å²) in [5.74, 6) is 0.473. The fourth-order valence-electron chi connectivity index (χ4n) is 4.39. The number of aromatic nitrogens is 1. The Labute approximate surface area is 208 Å². The number of rotatable bonds is 8. The summed E-state index contributed by atoms with van der Waals surface area (Å²) in [5, 5.41) is 0.867. The highest BCUT2D eigenvalue weighted by Crippen LogP contribution is 2.28. The second kappa shape index (κ2) is 11.7. The van der Waals surface area contributed by atoms with Gasteiger partial charge in [-0.2, -0.15) is 0 Å². The number of pyridine rings is 1. The number of amides is 2. The highest BCUT2D eigenvalue weighted by atomic mass is 16.6. The first kappa shape index (κ1) is 26.7. The fourth-order valence-corrected chi connectivity index (χ4v) is 4.39. The third-order valence-corrected chi connectivity index (χ3v) is 5.88. The van der Waals surface area contributed by atoms with Crippen molar-refractivity contribution in [1.29, 1.82) is 0 Å². The Kier molecular flexibility index (Phi) is 8.94. The largest absolute Gasteiger partial charge is 0.493 e. The van der Waals surface area contributed by atoms with Gasteiger partial charge in [0.05, 0.1) is 18.2 Å². The lowest BCUT2D eigenvalue weighted by Crippen LogP contribution is -2.54. The van der Waals surface area contributed by atoms with Crippen LogP contribution >= 0.6 is 0 Å². The minimum atomic E-state index is -0.563. The van der Waals surface area contributed by atoms with Crippen LogP contribution in [-0.2, 0) is 9.47 Å². The molecule has 2 aromatic rings. The maximum absolute atomic E-state index is 13.8. The summed E-state index contributed by atoms with van der Waals surface area (Å²) in [7, 11) is 1.66. The zero-order chi connectivity index (χ0) is 25.6. The maximum atomic E-state index is 13.8. The standard InChI is InChI=1S/C27H39N3O5/c1-19(2)30(20-11-9-14-29(18-20)26(32)35-27(3,4)5)25(31)23-17-24(34-16-10-15-33-6)21-12-7-8-13-22(21)28-23/h7-8,12-13,17,19-20H,9-11,14-16,18H2,1-6H3/t20-/m1/s1. The van der Waals surface area contributed by atoms with Crippen molar-refractivity contribution in [1.82, 2.24) is 14.8 Å². The smallest absolute Gasteiger partial charge is 0.410 e. The number of ether oxygens (including phenoxy) is 3. The van der Waals surface area contributed by atoms with Crippen molar-refractivity contribution in [2.45, 2.75) is 71.6 Å². The molecule has 1 aliphatic heterocycles. The van der Waals surface area contributed by atoms with E-state index < -0.39 is 5.60 Å². The van der Waals surface area contributed by atoms with Crippen LogP contribution in [0.3, 0.4) is 0 Å². The van der Waals surface area contributed by atoms with Crippen molar-refractivity contribution in [3.63, 3.8) is 0 Å². The molecule has 35 heavy (non-hydrogen) atoms. The van der Waals surface area contributed by atoms with Crippen LogP contribution in [0.25, 0.3) is 10.9 Å². The molecular formula is C27H39N3O5. The van der Waals surface area contributed by atoms with Gasteiger partial charge >= 0.3 is 6.09 Å². The molecule has 1 aromatic heterocycles. The normalized spacial score (nSPS) is 16.4. The molecule has 0 saturated carbocycles. The lowest BCUT2D eigenvalue weighted by atomic mass is 10.0. The fraction of sp³-hybridized carbons (Fsp3) is 0.593. The number of carbonyl (C=O) groups is 2. The van der Waals surface area contributed by atoms with E-state index in [2.05, 4.69) is 4.98 Å². The molecule has 1 aromatic carbocycles. The van der Waals surface area contributed by atoms with Crippen LogP contribution in [0.4, 0.5) is 4.79 Å². The Balaban J connectivity index is 1.85. The third kappa shape index (κ3) is 7.07. The van der Waals surface area contributed by atoms with E-state index in [0.29, 0.717) is 43.3 Å². The van der Waals surface area contributed by atoms with Crippen molar-refractivity contribution < 1.29 is 23.8 Å². The second-order valence-corrected chi connectivity index (χ2v) is 10.2. The topological polar surface area (TPSA) is 81.2 Å². The lowest BCUT2D eigenvalue weighted by molar-refractivity contribution is 0.00742. The van der Waals surface area contributed by atoms with E-state index in [-0.39, 0.29) is 24.1 Å². The second-order valence-electron chi connectivity index (χ2n) is 10.2. The van der Waals surface area contributed by atoms with Crippen LogP contribution in [-0.4, -0.2) is 77.9 Å². The van der Waals surface area contributed by atoms with Crippen molar-refractivity contribution in [3.8, 4) is 5.75 Å². The maximum Gasteiger partial charge on any atom is 0.410 e. The number of benzene rings is 1. The van der Waals surface area contributed by atoms with Crippen LogP contribution in [0.15, 0.2) is 30.3 Å². The van der Waals surface area contributed by atoms with E-state index >= 15 is 0 Å². The van der Waals surface area contributed by atoms with E-state index in [1.165, 1.54) is 0 Å². The summed E-state index contributed by atoms with van der Waals surface area (Å²) >= 11 is 0. The number of hydrogen-bond donors (Lipinski definition) is 0. The quantitative estimate of drug-likeness (QED) is 0.495. The monoisotopic (exact) mass is 485 g/mol. The molecule has 8 nitrogen and oxygen atoms in total. The van der Waals surface area contributed by atoms with Gasteiger partial charge in [0.25, 0.3) is 5.91 Å². The molecule has 0 N–H and O–H groups in total. The van der Waals surface area contributed by atoms with Gasteiger partial charge < -0.3 is 24.0 Å². The van der Waals surface area contributed by atoms with Crippen molar-refractivity contribution in [2.75, 3.05) is 33.4 Å². The number of piperidine rings is 1. The van der Waals surface area contributed by atoms with Crippen molar-refractivity contribution in [2.24, 2.45) is 0 Å². The van der Waals surface area contributed by atoms with Gasteiger partial charge in [0, 0.05) is 50.7 Å². The molecule has 1 fully saturated rings. The van der Waals surface area contributed by atoms with Gasteiger partial charge in [-0.15, -0.1) is 0 Å². The highest BCUT2D eigenvalue weighted by molar-refractivity contribution is 5.97. The molecule has 8 heteroatoms. The minimum Gasteiger partial charge on any atom is -0.493 e. The molecule has 0 unspecified atom stereocenters. The van der Waals surface area contributed by atoms with Crippen LogP contribution in [0.1, 0.15) is 64.4 Å². The molecule has 1 atom stereocenters. The highest BCUT2D eigenvalue weighted by Gasteiger charge is 2.35. The molecule has 1 aliphatic rings. The summed E-state index contributed by atoms with van der Waals surface area (Å²) in [5.41, 5.74) is 0.489. The van der Waals surface area contributed by atoms with Crippen LogP contribution in [0.5, 0.6) is 5.75 Å². The van der Waals surface area contributed by atoms with Crippen LogP contribution < -0.4 is 4.74 Å². The van der Waals surface area contributed by atoms with Crippen molar-refractivity contribution in [3.05, 3.63) is 36.0 Å². The Morgan fingerprint density at radius 2 is 1.94 bits per heavy atom. The number of hydrogen-bond acceptors (Lipinski definition) is 6. The molecule has 192 valence electrons. The molecular weight excluding hydrogens is 446 g/mol. The van der Waals surface area contributed by atoms with Crippen LogP contribution in [0.2, 0.25) is 0 Å². The zero-order valence-corrected chi connectivity index (χ0v) is 21.9. The Hall–Kier alpha value is -2.87. The average molecular weight is 486 g/mol. The van der Waals surface area contributed by atoms with E-state index in [1.807, 2.05) is 63.8 Å². The van der Waals surface area contributed by atoms with Gasteiger partial charge in [-0.25, -0.2) is 9.78 Å². The number of methoxy groups -OCH3 is 1. The summed E-state index contributed by atoms with van der Waals surface area (Å²) in [4.78, 5) is 34.7. The minimum absolute atomic E-state index is 0.0644. The number of likely N-dealkylation sites (tertiary alicyclic amines) is 1. The molecule has 0 bridgehead atoms. The number of nitrogens with zero attached hydrogens (tertiary/aromatic N) is 3. The summed E-state index contributed by atoms with van der Waals surface area (Å²) in [6.45, 7) is 11.7. The Morgan fingerprint density at radius 1 is 1.20 bits per heavy atom. The van der Waals surface area contributed by atoms with Gasteiger partial charge in [0.1, 0.15) is 17.0 Å². The molecule has 2 heterocycles. The van der Waals surface area contributed by atoms with E-state index in [1.54, 1.807) is 18.1 Å². The molecule has 0 spiro atoms. The van der Waals surface area contributed by atoms with Gasteiger partial charge in [0.15, 0.2) is 0 Å². The molecule has 0 radical (unpaired) electrons.